The van der Waals surface area contributed by atoms with Gasteiger partial charge in [-0.3, -0.25) is 10.1 Å². The predicted octanol–water partition coefficient (Wildman–Crippen LogP) is 2.99. The lowest BCUT2D eigenvalue weighted by atomic mass is 10.2. The molecule has 2 N–H and O–H groups in total. The van der Waals surface area contributed by atoms with Crippen molar-refractivity contribution in [1.29, 1.82) is 0 Å². The van der Waals surface area contributed by atoms with Crippen molar-refractivity contribution in [2.75, 3.05) is 5.32 Å². The predicted molar refractivity (Wildman–Crippen MR) is 82.2 cm³/mol. The van der Waals surface area contributed by atoms with Gasteiger partial charge in [-0.05, 0) is 11.6 Å². The molecule has 110 valence electrons. The number of hydrogen-bond acceptors (Lipinski definition) is 5. The van der Waals surface area contributed by atoms with Crippen LogP contribution in [0.15, 0.2) is 54.9 Å². The lowest BCUT2D eigenvalue weighted by molar-refractivity contribution is -0.385. The van der Waals surface area contributed by atoms with E-state index in [4.69, 9.17) is 0 Å². The molecule has 0 aliphatic rings. The maximum atomic E-state index is 10.6. The van der Waals surface area contributed by atoms with Gasteiger partial charge >= 0.3 is 0 Å². The summed E-state index contributed by atoms with van der Waals surface area (Å²) >= 11 is 0. The first-order valence-corrected chi connectivity index (χ1v) is 6.66. The third kappa shape index (κ3) is 3.09. The van der Waals surface area contributed by atoms with Gasteiger partial charge in [-0.1, -0.05) is 30.3 Å². The van der Waals surface area contributed by atoms with E-state index >= 15 is 0 Å². The fourth-order valence-corrected chi connectivity index (χ4v) is 1.99. The first-order valence-electron chi connectivity index (χ1n) is 6.66. The molecule has 0 bridgehead atoms. The van der Waals surface area contributed by atoms with Crippen LogP contribution in [-0.4, -0.2) is 19.9 Å². The van der Waals surface area contributed by atoms with Crippen molar-refractivity contribution in [2.24, 2.45) is 0 Å². The third-order valence-corrected chi connectivity index (χ3v) is 3.11. The van der Waals surface area contributed by atoms with E-state index in [0.29, 0.717) is 12.4 Å². The van der Waals surface area contributed by atoms with Gasteiger partial charge in [-0.25, -0.2) is 9.97 Å². The summed E-state index contributed by atoms with van der Waals surface area (Å²) in [6, 6.07) is 12.9. The summed E-state index contributed by atoms with van der Waals surface area (Å²) in [6.45, 7) is 0.456. The monoisotopic (exact) mass is 295 g/mol. The van der Waals surface area contributed by atoms with Crippen molar-refractivity contribution >= 4 is 11.5 Å². The second-order valence-electron chi connectivity index (χ2n) is 4.62. The quantitative estimate of drug-likeness (QED) is 0.557. The minimum Gasteiger partial charge on any atom is -0.363 e. The summed E-state index contributed by atoms with van der Waals surface area (Å²) in [5.41, 5.74) is 1.97. The van der Waals surface area contributed by atoms with Crippen molar-refractivity contribution in [3.63, 3.8) is 0 Å². The molecule has 0 saturated heterocycles. The molecule has 0 unspecified atom stereocenters. The maximum Gasteiger partial charge on any atom is 0.287 e. The molecule has 3 aromatic rings. The molecule has 3 rings (SSSR count). The number of pyridine rings is 1. The van der Waals surface area contributed by atoms with Crippen LogP contribution in [0.25, 0.3) is 11.3 Å². The summed E-state index contributed by atoms with van der Waals surface area (Å²) in [5, 5.41) is 13.6. The van der Waals surface area contributed by atoms with Crippen molar-refractivity contribution in [1.82, 2.24) is 15.0 Å². The Morgan fingerprint density at radius 3 is 2.59 bits per heavy atom. The smallest absolute Gasteiger partial charge is 0.287 e. The fourth-order valence-electron chi connectivity index (χ4n) is 1.99. The first kappa shape index (κ1) is 13.7. The van der Waals surface area contributed by atoms with Gasteiger partial charge in [0.2, 0.25) is 0 Å². The Balaban J connectivity index is 1.65. The molecule has 7 heteroatoms. The first-order chi connectivity index (χ1) is 10.7. The highest BCUT2D eigenvalue weighted by atomic mass is 16.6. The number of benzene rings is 1. The molecule has 0 amide bonds. The number of nitro groups is 1. The van der Waals surface area contributed by atoms with Crippen LogP contribution in [0, 0.1) is 10.1 Å². The lowest BCUT2D eigenvalue weighted by Crippen LogP contribution is -2.03. The number of aromatic amines is 1. The van der Waals surface area contributed by atoms with Crippen LogP contribution in [0.3, 0.4) is 0 Å². The van der Waals surface area contributed by atoms with Crippen molar-refractivity contribution in [3.05, 3.63) is 70.8 Å². The zero-order valence-electron chi connectivity index (χ0n) is 11.6. The van der Waals surface area contributed by atoms with E-state index in [0.717, 1.165) is 17.1 Å². The van der Waals surface area contributed by atoms with Crippen molar-refractivity contribution < 1.29 is 4.92 Å². The molecule has 0 radical (unpaired) electrons. The number of aromatic nitrogens is 3. The van der Waals surface area contributed by atoms with Gasteiger partial charge in [0, 0.05) is 6.07 Å². The van der Waals surface area contributed by atoms with E-state index in [9.17, 15) is 10.1 Å². The van der Waals surface area contributed by atoms with Crippen LogP contribution in [0.5, 0.6) is 0 Å². The number of nitrogens with one attached hydrogen (secondary N) is 2. The molecule has 0 saturated carbocycles. The van der Waals surface area contributed by atoms with Crippen LogP contribution in [0.1, 0.15) is 5.82 Å². The average Bonchev–Trinajstić information content (AvgIpc) is 3.03. The highest BCUT2D eigenvalue weighted by Crippen LogP contribution is 2.17. The molecular formula is C15H13N5O2. The molecule has 0 atom stereocenters. The second-order valence-corrected chi connectivity index (χ2v) is 4.62. The standard InChI is InChI=1S/C15H13N5O2/c21-20(22)12-6-7-14(16-8-12)18-10-15-17-9-13(19-15)11-4-2-1-3-5-11/h1-9H,10H2,(H,16,18)(H,17,19). The van der Waals surface area contributed by atoms with Crippen LogP contribution in [0.2, 0.25) is 0 Å². The number of anilines is 1. The summed E-state index contributed by atoms with van der Waals surface area (Å²) in [6.07, 6.45) is 3.00. The van der Waals surface area contributed by atoms with E-state index in [-0.39, 0.29) is 5.69 Å². The Bertz CT molecular complexity index is 768. The SMILES string of the molecule is O=[N+]([O-])c1ccc(NCc2ncc(-c3ccccc3)[nH]2)nc1. The summed E-state index contributed by atoms with van der Waals surface area (Å²) < 4.78 is 0. The van der Waals surface area contributed by atoms with Gasteiger partial charge in [0.1, 0.15) is 17.8 Å². The number of hydrogen-bond donors (Lipinski definition) is 2. The minimum atomic E-state index is -0.477. The molecule has 2 aromatic heterocycles. The molecule has 2 heterocycles. The zero-order valence-corrected chi connectivity index (χ0v) is 11.6. The Labute approximate surface area is 126 Å². The van der Waals surface area contributed by atoms with Crippen LogP contribution in [-0.2, 0) is 6.54 Å². The lowest BCUT2D eigenvalue weighted by Gasteiger charge is -2.02. The Hall–Kier alpha value is -3.22. The summed E-state index contributed by atoms with van der Waals surface area (Å²) in [5.74, 6) is 1.32. The number of imidazole rings is 1. The Kier molecular flexibility index (Phi) is 3.78. The van der Waals surface area contributed by atoms with Gasteiger partial charge in [-0.15, -0.1) is 0 Å². The van der Waals surface area contributed by atoms with E-state index in [1.165, 1.54) is 12.3 Å². The molecule has 7 nitrogen and oxygen atoms in total. The molecule has 0 spiro atoms. The van der Waals surface area contributed by atoms with Crippen molar-refractivity contribution in [2.45, 2.75) is 6.54 Å². The Morgan fingerprint density at radius 1 is 1.09 bits per heavy atom. The molecule has 0 aliphatic carbocycles. The van der Waals surface area contributed by atoms with Gasteiger partial charge in [0.05, 0.1) is 23.4 Å². The molecule has 0 aliphatic heterocycles. The molecule has 0 fully saturated rings. The molecule has 1 aromatic carbocycles. The van der Waals surface area contributed by atoms with E-state index in [1.54, 1.807) is 12.3 Å². The van der Waals surface area contributed by atoms with E-state index in [2.05, 4.69) is 20.3 Å². The van der Waals surface area contributed by atoms with E-state index < -0.39 is 4.92 Å². The highest BCUT2D eigenvalue weighted by molar-refractivity contribution is 5.58. The minimum absolute atomic E-state index is 0.0325. The largest absolute Gasteiger partial charge is 0.363 e. The van der Waals surface area contributed by atoms with Gasteiger partial charge in [0.25, 0.3) is 5.69 Å². The van der Waals surface area contributed by atoms with Crippen LogP contribution >= 0.6 is 0 Å². The van der Waals surface area contributed by atoms with E-state index in [1.807, 2.05) is 30.3 Å². The number of H-pyrrole nitrogens is 1. The van der Waals surface area contributed by atoms with Crippen LogP contribution < -0.4 is 5.32 Å². The molecular weight excluding hydrogens is 282 g/mol. The van der Waals surface area contributed by atoms with Crippen LogP contribution in [0.4, 0.5) is 11.5 Å². The van der Waals surface area contributed by atoms with Gasteiger partial charge in [0.15, 0.2) is 0 Å². The normalized spacial score (nSPS) is 10.4. The number of nitrogens with zero attached hydrogens (tertiary/aromatic N) is 3. The summed E-state index contributed by atoms with van der Waals surface area (Å²) in [4.78, 5) is 21.6. The maximum absolute atomic E-state index is 10.6. The second kappa shape index (κ2) is 6.04. The topological polar surface area (TPSA) is 96.7 Å². The Morgan fingerprint density at radius 2 is 1.91 bits per heavy atom. The van der Waals surface area contributed by atoms with Gasteiger partial charge < -0.3 is 10.3 Å². The molecule has 22 heavy (non-hydrogen) atoms. The highest BCUT2D eigenvalue weighted by Gasteiger charge is 2.06. The number of rotatable bonds is 5. The zero-order chi connectivity index (χ0) is 15.4. The average molecular weight is 295 g/mol. The summed E-state index contributed by atoms with van der Waals surface area (Å²) in [7, 11) is 0. The third-order valence-electron chi connectivity index (χ3n) is 3.11. The van der Waals surface area contributed by atoms with Crippen molar-refractivity contribution in [3.8, 4) is 11.3 Å². The van der Waals surface area contributed by atoms with Gasteiger partial charge in [-0.2, -0.15) is 0 Å². The fraction of sp³-hybridized carbons (Fsp3) is 0.0667.